The van der Waals surface area contributed by atoms with E-state index in [0.717, 1.165) is 16.0 Å². The number of imidazole rings is 1. The van der Waals surface area contributed by atoms with Gasteiger partial charge in [-0.05, 0) is 22.9 Å². The Labute approximate surface area is 83.6 Å². The number of nitrogens with one attached hydrogen (secondary N) is 1. The number of fused-ring (bicyclic) bond motifs is 1. The Morgan fingerprint density at radius 2 is 2.50 bits per heavy atom. The van der Waals surface area contributed by atoms with E-state index in [-0.39, 0.29) is 5.62 Å². The molecule has 1 aromatic heterocycles. The second kappa shape index (κ2) is 2.78. The summed E-state index contributed by atoms with van der Waals surface area (Å²) < 4.78 is 2.82. The largest absolute Gasteiger partial charge is 0.355 e. The maximum Gasteiger partial charge on any atom is 0.182 e. The minimum absolute atomic E-state index is 0.233. The Morgan fingerprint density at radius 1 is 1.75 bits per heavy atom. The van der Waals surface area contributed by atoms with Crippen LogP contribution in [0.2, 0.25) is 0 Å². The molecule has 1 aromatic rings. The van der Waals surface area contributed by atoms with E-state index in [1.165, 1.54) is 0 Å². The summed E-state index contributed by atoms with van der Waals surface area (Å²) in [5, 5.41) is 3.09. The highest BCUT2D eigenvalue weighted by Gasteiger charge is 2.20. The van der Waals surface area contributed by atoms with Crippen LogP contribution >= 0.6 is 27.5 Å². The van der Waals surface area contributed by atoms with E-state index >= 15 is 0 Å². The molecule has 5 heteroatoms. The predicted molar refractivity (Wildman–Crippen MR) is 51.8 cm³/mol. The molecule has 0 bridgehead atoms. The first kappa shape index (κ1) is 8.13. The van der Waals surface area contributed by atoms with Crippen molar-refractivity contribution in [2.24, 2.45) is 0 Å². The zero-order valence-electron chi connectivity index (χ0n) is 6.38. The highest BCUT2D eigenvalue weighted by Crippen LogP contribution is 2.30. The molecule has 0 aromatic carbocycles. The van der Waals surface area contributed by atoms with Gasteiger partial charge in [-0.3, -0.25) is 4.57 Å². The highest BCUT2D eigenvalue weighted by molar-refractivity contribution is 9.15. The van der Waals surface area contributed by atoms with Gasteiger partial charge in [-0.2, -0.15) is 0 Å². The van der Waals surface area contributed by atoms with Crippen molar-refractivity contribution >= 4 is 32.0 Å². The molecule has 0 saturated carbocycles. The number of aromatic nitrogens is 2. The Morgan fingerprint density at radius 3 is 3.25 bits per heavy atom. The van der Waals surface area contributed by atoms with Crippen molar-refractivity contribution in [2.45, 2.75) is 12.5 Å². The predicted octanol–water partition coefficient (Wildman–Crippen LogP) is 2.26. The maximum absolute atomic E-state index is 6.01. The molecule has 0 amide bonds. The molecule has 64 valence electrons. The minimum Gasteiger partial charge on any atom is -0.355 e. The van der Waals surface area contributed by atoms with Crippen molar-refractivity contribution in [2.75, 3.05) is 0 Å². The minimum atomic E-state index is -0.233. The Kier molecular flexibility index (Phi) is 1.88. The number of hydrogen-bond acceptors (Lipinski definition) is 2. The average Bonchev–Trinajstić information content (AvgIpc) is 2.48. The highest BCUT2D eigenvalue weighted by atomic mass is 79.9. The summed E-state index contributed by atoms with van der Waals surface area (Å²) in [5.41, 5.74) is 0.775. The van der Waals surface area contributed by atoms with Crippen LogP contribution < -0.4 is 5.32 Å². The third kappa shape index (κ3) is 1.06. The lowest BCUT2D eigenvalue weighted by molar-refractivity contribution is 0.570. The first-order chi connectivity index (χ1) is 5.70. The molecule has 2 heterocycles. The number of allylic oxidation sites excluding steroid dienone is 1. The van der Waals surface area contributed by atoms with E-state index in [9.17, 15) is 0 Å². The van der Waals surface area contributed by atoms with Crippen LogP contribution in [0.1, 0.15) is 18.4 Å². The van der Waals surface area contributed by atoms with Crippen LogP contribution in [-0.4, -0.2) is 9.55 Å². The van der Waals surface area contributed by atoms with Crippen LogP contribution in [0.25, 0.3) is 4.48 Å². The van der Waals surface area contributed by atoms with Crippen molar-refractivity contribution in [3.63, 3.8) is 0 Å². The van der Waals surface area contributed by atoms with E-state index in [0.29, 0.717) is 0 Å². The molecule has 0 aliphatic carbocycles. The van der Waals surface area contributed by atoms with Crippen molar-refractivity contribution < 1.29 is 0 Å². The first-order valence-corrected chi connectivity index (χ1v) is 4.73. The Balaban J connectivity index is 2.59. The zero-order valence-corrected chi connectivity index (χ0v) is 8.72. The van der Waals surface area contributed by atoms with Crippen LogP contribution in [0.3, 0.4) is 0 Å². The molecule has 0 fully saturated rings. The second-order valence-electron chi connectivity index (χ2n) is 2.58. The van der Waals surface area contributed by atoms with Gasteiger partial charge in [-0.1, -0.05) is 11.6 Å². The molecule has 3 nitrogen and oxygen atoms in total. The molecule has 1 aliphatic heterocycles. The Bertz CT molecular complexity index is 344. The standard InChI is InChI=1S/C7H7BrClN3/c1-4-5(8)6-10-2-3-12(6)7(9)11-4/h2-3,7,11H,1H3. The maximum atomic E-state index is 6.01. The summed E-state index contributed by atoms with van der Waals surface area (Å²) in [7, 11) is 0. The molecule has 0 radical (unpaired) electrons. The summed E-state index contributed by atoms with van der Waals surface area (Å²) in [6.07, 6.45) is 3.57. The van der Waals surface area contributed by atoms with Gasteiger partial charge in [0, 0.05) is 18.1 Å². The van der Waals surface area contributed by atoms with Crippen LogP contribution in [-0.2, 0) is 0 Å². The monoisotopic (exact) mass is 247 g/mol. The molecule has 1 unspecified atom stereocenters. The summed E-state index contributed by atoms with van der Waals surface area (Å²) in [6.45, 7) is 1.96. The molecule has 0 spiro atoms. The molecule has 1 N–H and O–H groups in total. The number of nitrogens with zero attached hydrogens (tertiary/aromatic N) is 2. The molecule has 0 saturated heterocycles. The van der Waals surface area contributed by atoms with Gasteiger partial charge in [-0.15, -0.1) is 0 Å². The van der Waals surface area contributed by atoms with Crippen molar-refractivity contribution in [3.8, 4) is 0 Å². The summed E-state index contributed by atoms with van der Waals surface area (Å²) in [5.74, 6) is 0.867. The molecule has 1 atom stereocenters. The van der Waals surface area contributed by atoms with E-state index < -0.39 is 0 Å². The quantitative estimate of drug-likeness (QED) is 0.564. The fourth-order valence-electron chi connectivity index (χ4n) is 1.15. The number of rotatable bonds is 0. The van der Waals surface area contributed by atoms with Gasteiger partial charge in [0.2, 0.25) is 0 Å². The SMILES string of the molecule is CC1=C(Br)c2nccn2C(Cl)N1. The lowest BCUT2D eigenvalue weighted by Crippen LogP contribution is -2.26. The average molecular weight is 249 g/mol. The van der Waals surface area contributed by atoms with Crippen molar-refractivity contribution in [1.82, 2.24) is 14.9 Å². The van der Waals surface area contributed by atoms with Gasteiger partial charge in [-0.25, -0.2) is 4.98 Å². The smallest absolute Gasteiger partial charge is 0.182 e. The third-order valence-electron chi connectivity index (χ3n) is 1.77. The van der Waals surface area contributed by atoms with E-state index in [1.807, 2.05) is 17.7 Å². The number of halogens is 2. The lowest BCUT2D eigenvalue weighted by atomic mass is 10.4. The molecule has 2 rings (SSSR count). The van der Waals surface area contributed by atoms with Gasteiger partial charge in [0.15, 0.2) is 11.4 Å². The van der Waals surface area contributed by atoms with E-state index in [1.54, 1.807) is 6.20 Å². The summed E-state index contributed by atoms with van der Waals surface area (Å²) in [4.78, 5) is 4.17. The van der Waals surface area contributed by atoms with Crippen LogP contribution in [0.15, 0.2) is 18.1 Å². The number of hydrogen-bond donors (Lipinski definition) is 1. The molecular weight excluding hydrogens is 241 g/mol. The van der Waals surface area contributed by atoms with Crippen LogP contribution in [0.5, 0.6) is 0 Å². The van der Waals surface area contributed by atoms with Gasteiger partial charge >= 0.3 is 0 Å². The first-order valence-electron chi connectivity index (χ1n) is 3.50. The van der Waals surface area contributed by atoms with Crippen molar-refractivity contribution in [1.29, 1.82) is 0 Å². The summed E-state index contributed by atoms with van der Waals surface area (Å²) >= 11 is 9.44. The second-order valence-corrected chi connectivity index (χ2v) is 3.78. The van der Waals surface area contributed by atoms with Gasteiger partial charge in [0.1, 0.15) is 0 Å². The zero-order chi connectivity index (χ0) is 8.72. The molecular formula is C7H7BrClN3. The fourth-order valence-corrected chi connectivity index (χ4v) is 1.89. The molecule has 12 heavy (non-hydrogen) atoms. The molecule has 1 aliphatic rings. The third-order valence-corrected chi connectivity index (χ3v) is 3.04. The van der Waals surface area contributed by atoms with Gasteiger partial charge in [0.05, 0.1) is 4.48 Å². The van der Waals surface area contributed by atoms with E-state index in [4.69, 9.17) is 11.6 Å². The van der Waals surface area contributed by atoms with Crippen LogP contribution in [0, 0.1) is 0 Å². The summed E-state index contributed by atoms with van der Waals surface area (Å²) in [6, 6.07) is 0. The fraction of sp³-hybridized carbons (Fsp3) is 0.286. The topological polar surface area (TPSA) is 29.9 Å². The van der Waals surface area contributed by atoms with Gasteiger partial charge < -0.3 is 5.32 Å². The van der Waals surface area contributed by atoms with E-state index in [2.05, 4.69) is 26.2 Å². The normalized spacial score (nSPS) is 22.1. The van der Waals surface area contributed by atoms with Crippen molar-refractivity contribution in [3.05, 3.63) is 23.9 Å². The van der Waals surface area contributed by atoms with Gasteiger partial charge in [0.25, 0.3) is 0 Å². The number of alkyl halides is 1. The lowest BCUT2D eigenvalue weighted by Gasteiger charge is -2.23. The Hall–Kier alpha value is -0.480. The van der Waals surface area contributed by atoms with Crippen LogP contribution in [0.4, 0.5) is 0 Å².